The minimum Gasteiger partial charge on any atom is -0.394 e. The van der Waals surface area contributed by atoms with E-state index in [1.54, 1.807) is 0 Å². The first-order chi connectivity index (χ1) is 10.2. The molecule has 1 fully saturated rings. The Hall–Kier alpha value is -1.23. The molecule has 0 spiro atoms. The summed E-state index contributed by atoms with van der Waals surface area (Å²) in [5, 5.41) is 9.25. The quantitative estimate of drug-likeness (QED) is 0.852. The van der Waals surface area contributed by atoms with Crippen molar-refractivity contribution in [2.45, 2.75) is 38.4 Å². The third kappa shape index (κ3) is 3.34. The summed E-state index contributed by atoms with van der Waals surface area (Å²) in [5.74, 6) is 0.162. The number of ether oxygens (including phenoxy) is 1. The van der Waals surface area contributed by atoms with Crippen molar-refractivity contribution in [1.29, 1.82) is 0 Å². The molecule has 4 nitrogen and oxygen atoms in total. The Morgan fingerprint density at radius 3 is 2.95 bits per heavy atom. The fourth-order valence-electron chi connectivity index (χ4n) is 3.41. The Morgan fingerprint density at radius 2 is 2.14 bits per heavy atom. The highest BCUT2D eigenvalue weighted by molar-refractivity contribution is 5.97. The normalized spacial score (nSPS) is 25.8. The summed E-state index contributed by atoms with van der Waals surface area (Å²) < 4.78 is 5.61. The molecule has 1 saturated heterocycles. The van der Waals surface area contributed by atoms with E-state index in [2.05, 4.69) is 17.0 Å². The van der Waals surface area contributed by atoms with Crippen LogP contribution in [0.3, 0.4) is 0 Å². The number of aryl methyl sites for hydroxylation is 2. The van der Waals surface area contributed by atoms with Crippen LogP contribution in [0.25, 0.3) is 0 Å². The predicted molar refractivity (Wildman–Crippen MR) is 80.7 cm³/mol. The molecule has 2 unspecified atom stereocenters. The molecule has 3 rings (SSSR count). The molecule has 1 heterocycles. The van der Waals surface area contributed by atoms with E-state index in [0.717, 1.165) is 24.9 Å². The van der Waals surface area contributed by atoms with Gasteiger partial charge in [0.25, 0.3) is 0 Å². The minimum atomic E-state index is -0.179. The van der Waals surface area contributed by atoms with Gasteiger partial charge in [0.2, 0.25) is 0 Å². The molecule has 1 aliphatic heterocycles. The van der Waals surface area contributed by atoms with Crippen LogP contribution in [-0.4, -0.2) is 54.2 Å². The molecular weight excluding hydrogens is 266 g/mol. The zero-order chi connectivity index (χ0) is 14.8. The highest BCUT2D eigenvalue weighted by Gasteiger charge is 2.26. The van der Waals surface area contributed by atoms with Gasteiger partial charge in [-0.2, -0.15) is 0 Å². The predicted octanol–water partition coefficient (Wildman–Crippen LogP) is 1.44. The molecule has 1 aromatic carbocycles. The lowest BCUT2D eigenvalue weighted by Gasteiger charge is -2.35. The number of hydrogen-bond acceptors (Lipinski definition) is 4. The van der Waals surface area contributed by atoms with E-state index in [4.69, 9.17) is 4.74 Å². The largest absolute Gasteiger partial charge is 0.394 e. The average molecular weight is 289 g/mol. The topological polar surface area (TPSA) is 49.8 Å². The SMILES string of the molecule is CC1CN(CC(=O)c2ccc3c(c2)CCC3)CC(CO)O1. The molecule has 1 aliphatic carbocycles. The van der Waals surface area contributed by atoms with Crippen molar-refractivity contribution < 1.29 is 14.6 Å². The van der Waals surface area contributed by atoms with Gasteiger partial charge in [0.1, 0.15) is 0 Å². The molecule has 2 aliphatic rings. The lowest BCUT2D eigenvalue weighted by Crippen LogP contribution is -2.49. The Balaban J connectivity index is 1.65. The fourth-order valence-corrected chi connectivity index (χ4v) is 3.41. The number of Topliss-reactive ketones (excluding diaryl/α,β-unsaturated/α-hetero) is 1. The molecule has 2 atom stereocenters. The number of morpholine rings is 1. The standard InChI is InChI=1S/C17H23NO3/c1-12-8-18(9-16(11-19)21-12)10-17(20)15-6-5-13-3-2-4-14(13)7-15/h5-7,12,16,19H,2-4,8-11H2,1H3. The number of aliphatic hydroxyl groups excluding tert-OH is 1. The smallest absolute Gasteiger partial charge is 0.176 e. The second-order valence-corrected chi connectivity index (χ2v) is 6.21. The van der Waals surface area contributed by atoms with Crippen LogP contribution < -0.4 is 0 Å². The first-order valence-electron chi connectivity index (χ1n) is 7.79. The van der Waals surface area contributed by atoms with Crippen LogP contribution >= 0.6 is 0 Å². The van der Waals surface area contributed by atoms with Gasteiger partial charge in [-0.3, -0.25) is 9.69 Å². The van der Waals surface area contributed by atoms with Crippen molar-refractivity contribution in [2.75, 3.05) is 26.2 Å². The maximum atomic E-state index is 12.5. The highest BCUT2D eigenvalue weighted by Crippen LogP contribution is 2.23. The van der Waals surface area contributed by atoms with Gasteiger partial charge < -0.3 is 9.84 Å². The Labute approximate surface area is 125 Å². The number of benzene rings is 1. The second kappa shape index (κ2) is 6.26. The monoisotopic (exact) mass is 289 g/mol. The number of carbonyl (C=O) groups is 1. The maximum absolute atomic E-state index is 12.5. The summed E-state index contributed by atoms with van der Waals surface area (Å²) in [4.78, 5) is 14.6. The van der Waals surface area contributed by atoms with Gasteiger partial charge in [0, 0.05) is 18.7 Å². The van der Waals surface area contributed by atoms with E-state index in [-0.39, 0.29) is 24.6 Å². The van der Waals surface area contributed by atoms with E-state index in [9.17, 15) is 9.90 Å². The van der Waals surface area contributed by atoms with Gasteiger partial charge >= 0.3 is 0 Å². The summed E-state index contributed by atoms with van der Waals surface area (Å²) >= 11 is 0. The maximum Gasteiger partial charge on any atom is 0.176 e. The number of aliphatic hydroxyl groups is 1. The summed E-state index contributed by atoms with van der Waals surface area (Å²) in [6, 6.07) is 6.13. The van der Waals surface area contributed by atoms with Gasteiger partial charge in [-0.1, -0.05) is 12.1 Å². The molecular formula is C17H23NO3. The number of hydrogen-bond donors (Lipinski definition) is 1. The molecule has 114 valence electrons. The van der Waals surface area contributed by atoms with E-state index in [0.29, 0.717) is 13.1 Å². The van der Waals surface area contributed by atoms with E-state index >= 15 is 0 Å². The Bertz CT molecular complexity index is 529. The number of rotatable bonds is 4. The van der Waals surface area contributed by atoms with Crippen molar-refractivity contribution in [2.24, 2.45) is 0 Å². The minimum absolute atomic E-state index is 0.00781. The number of carbonyl (C=O) groups excluding carboxylic acids is 1. The lowest BCUT2D eigenvalue weighted by molar-refractivity contribution is -0.0926. The first-order valence-corrected chi connectivity index (χ1v) is 7.79. The van der Waals surface area contributed by atoms with Crippen molar-refractivity contribution in [3.8, 4) is 0 Å². The van der Waals surface area contributed by atoms with Crippen molar-refractivity contribution in [1.82, 2.24) is 4.90 Å². The number of nitrogens with zero attached hydrogens (tertiary/aromatic N) is 1. The molecule has 0 aromatic heterocycles. The summed E-state index contributed by atoms with van der Waals surface area (Å²) in [6.45, 7) is 3.76. The van der Waals surface area contributed by atoms with Crippen molar-refractivity contribution in [3.63, 3.8) is 0 Å². The third-order valence-corrected chi connectivity index (χ3v) is 4.39. The summed E-state index contributed by atoms with van der Waals surface area (Å²) in [5.41, 5.74) is 3.55. The van der Waals surface area contributed by atoms with Crippen LogP contribution in [0.15, 0.2) is 18.2 Å². The van der Waals surface area contributed by atoms with Crippen LogP contribution in [0.5, 0.6) is 0 Å². The van der Waals surface area contributed by atoms with Crippen LogP contribution in [-0.2, 0) is 17.6 Å². The van der Waals surface area contributed by atoms with Crippen LogP contribution in [0.1, 0.15) is 34.8 Å². The lowest BCUT2D eigenvalue weighted by atomic mass is 10.0. The van der Waals surface area contributed by atoms with Gasteiger partial charge in [-0.15, -0.1) is 0 Å². The van der Waals surface area contributed by atoms with Crippen LogP contribution in [0.2, 0.25) is 0 Å². The zero-order valence-corrected chi connectivity index (χ0v) is 12.5. The van der Waals surface area contributed by atoms with Gasteiger partial charge in [-0.25, -0.2) is 0 Å². The van der Waals surface area contributed by atoms with Gasteiger partial charge in [0.15, 0.2) is 5.78 Å². The molecule has 1 aromatic rings. The van der Waals surface area contributed by atoms with Crippen LogP contribution in [0, 0.1) is 0 Å². The summed E-state index contributed by atoms with van der Waals surface area (Å²) in [6.07, 6.45) is 3.32. The van der Waals surface area contributed by atoms with E-state index in [1.165, 1.54) is 17.5 Å². The number of ketones is 1. The van der Waals surface area contributed by atoms with E-state index in [1.807, 2.05) is 13.0 Å². The molecule has 4 heteroatoms. The fraction of sp³-hybridized carbons (Fsp3) is 0.588. The molecule has 0 amide bonds. The molecule has 1 N–H and O–H groups in total. The second-order valence-electron chi connectivity index (χ2n) is 6.21. The highest BCUT2D eigenvalue weighted by atomic mass is 16.5. The van der Waals surface area contributed by atoms with Crippen molar-refractivity contribution >= 4 is 5.78 Å². The molecule has 21 heavy (non-hydrogen) atoms. The Kier molecular flexibility index (Phi) is 4.38. The van der Waals surface area contributed by atoms with Crippen LogP contribution in [0.4, 0.5) is 0 Å². The third-order valence-electron chi connectivity index (χ3n) is 4.39. The molecule has 0 saturated carbocycles. The summed E-state index contributed by atoms with van der Waals surface area (Å²) in [7, 11) is 0. The van der Waals surface area contributed by atoms with Gasteiger partial charge in [0.05, 0.1) is 25.4 Å². The molecule has 0 bridgehead atoms. The average Bonchev–Trinajstić information content (AvgIpc) is 2.93. The Morgan fingerprint density at radius 1 is 1.33 bits per heavy atom. The zero-order valence-electron chi connectivity index (χ0n) is 12.5. The number of fused-ring (bicyclic) bond motifs is 1. The van der Waals surface area contributed by atoms with Crippen molar-refractivity contribution in [3.05, 3.63) is 34.9 Å². The van der Waals surface area contributed by atoms with Gasteiger partial charge in [-0.05, 0) is 43.4 Å². The first kappa shape index (κ1) is 14.7. The van der Waals surface area contributed by atoms with E-state index < -0.39 is 0 Å². The molecule has 0 radical (unpaired) electrons.